The second-order valence-corrected chi connectivity index (χ2v) is 17.1. The molecule has 0 fully saturated rings. The van der Waals surface area contributed by atoms with Gasteiger partial charge in [-0.05, 0) is 146 Å². The monoisotopic (exact) mass is 913 g/mol. The Kier molecular flexibility index (Phi) is 11.5. The number of pyridine rings is 2. The fraction of sp³-hybridized carbons (Fsp3) is 0. The number of hydrogen-bond donors (Lipinski definition) is 0. The highest BCUT2D eigenvalue weighted by atomic mass is 15.3. The standard InChI is InChI=1S/C64H47N7/c1-8-24-48(25-9-1)67(49-26-10-2-11-27-49)61-38-22-40-63(65-61)69(52-32-16-5-17-33-52)55-42-44-59-57(46-55)58-47-56(43-45-60(58)71(59)54-36-20-7-21-37-54)70(53-34-18-6-19-35-53)64-41-23-39-62(66-64)68(50-28-12-3-13-29-50)51-30-14-4-15-31-51/h1-47H. The molecule has 0 atom stereocenters. The summed E-state index contributed by atoms with van der Waals surface area (Å²) >= 11 is 0. The molecule has 0 aliphatic rings. The van der Waals surface area contributed by atoms with Crippen LogP contribution in [-0.2, 0) is 0 Å². The molecule has 0 amide bonds. The number of nitrogens with zero attached hydrogens (tertiary/aromatic N) is 7. The molecule has 71 heavy (non-hydrogen) atoms. The van der Waals surface area contributed by atoms with E-state index in [1.807, 2.05) is 24.3 Å². The summed E-state index contributed by atoms with van der Waals surface area (Å²) in [6.07, 6.45) is 0. The zero-order valence-electron chi connectivity index (χ0n) is 38.8. The van der Waals surface area contributed by atoms with Gasteiger partial charge in [0.25, 0.3) is 0 Å². The van der Waals surface area contributed by atoms with Gasteiger partial charge in [-0.25, -0.2) is 9.97 Å². The molecule has 7 heteroatoms. The molecule has 9 aromatic carbocycles. The van der Waals surface area contributed by atoms with Gasteiger partial charge < -0.3 is 4.57 Å². The molecule has 0 N–H and O–H groups in total. The maximum Gasteiger partial charge on any atom is 0.140 e. The minimum absolute atomic E-state index is 0.790. The second kappa shape index (κ2) is 19.1. The molecule has 0 radical (unpaired) electrons. The Morgan fingerprint density at radius 1 is 0.225 bits per heavy atom. The Balaban J connectivity index is 1.04. The average molecular weight is 914 g/mol. The molecule has 0 bridgehead atoms. The zero-order chi connectivity index (χ0) is 47.3. The van der Waals surface area contributed by atoms with Crippen molar-refractivity contribution < 1.29 is 0 Å². The van der Waals surface area contributed by atoms with Gasteiger partial charge in [0.1, 0.15) is 23.3 Å². The van der Waals surface area contributed by atoms with Crippen molar-refractivity contribution >= 4 is 90.6 Å². The topological polar surface area (TPSA) is 43.7 Å². The van der Waals surface area contributed by atoms with Gasteiger partial charge in [-0.15, -0.1) is 0 Å². The predicted molar refractivity (Wildman–Crippen MR) is 295 cm³/mol. The van der Waals surface area contributed by atoms with Crippen LogP contribution in [0.1, 0.15) is 0 Å². The lowest BCUT2D eigenvalue weighted by molar-refractivity contribution is 1.13. The number of anilines is 12. The van der Waals surface area contributed by atoms with Crippen LogP contribution in [0.25, 0.3) is 27.5 Å². The van der Waals surface area contributed by atoms with E-state index in [-0.39, 0.29) is 0 Å². The van der Waals surface area contributed by atoms with Crippen LogP contribution >= 0.6 is 0 Å². The van der Waals surface area contributed by atoms with Crippen molar-refractivity contribution in [3.63, 3.8) is 0 Å². The number of benzene rings is 9. The van der Waals surface area contributed by atoms with Crippen molar-refractivity contribution in [1.29, 1.82) is 0 Å². The van der Waals surface area contributed by atoms with Crippen molar-refractivity contribution in [3.8, 4) is 5.69 Å². The fourth-order valence-electron chi connectivity index (χ4n) is 9.57. The Hall–Kier alpha value is -9.72. The Bertz CT molecular complexity index is 3400. The molecular formula is C64H47N7. The van der Waals surface area contributed by atoms with Crippen molar-refractivity contribution in [2.75, 3.05) is 19.6 Å². The number of rotatable bonds is 13. The van der Waals surface area contributed by atoms with Crippen molar-refractivity contribution in [1.82, 2.24) is 14.5 Å². The minimum atomic E-state index is 0.790. The van der Waals surface area contributed by atoms with Gasteiger partial charge >= 0.3 is 0 Å². The third-order valence-corrected chi connectivity index (χ3v) is 12.7. The van der Waals surface area contributed by atoms with Gasteiger partial charge in [-0.3, -0.25) is 19.6 Å². The highest BCUT2D eigenvalue weighted by Crippen LogP contribution is 2.44. The predicted octanol–water partition coefficient (Wildman–Crippen LogP) is 17.5. The van der Waals surface area contributed by atoms with Crippen LogP contribution in [0.4, 0.5) is 68.8 Å². The molecule has 0 unspecified atom stereocenters. The van der Waals surface area contributed by atoms with E-state index >= 15 is 0 Å². The van der Waals surface area contributed by atoms with Crippen LogP contribution in [0.2, 0.25) is 0 Å². The smallest absolute Gasteiger partial charge is 0.140 e. The third-order valence-electron chi connectivity index (χ3n) is 12.7. The van der Waals surface area contributed by atoms with Crippen molar-refractivity contribution in [3.05, 3.63) is 285 Å². The number of fused-ring (bicyclic) bond motifs is 3. The van der Waals surface area contributed by atoms with E-state index in [0.717, 1.165) is 96.3 Å². The SMILES string of the molecule is c1ccc(N(c2ccccc2)c2cccc(N(c3ccccc3)c3ccc4c(c3)c3cc(N(c5ccccc5)c5cccc(N(c6ccccc6)c6ccccc6)n5)ccc3n4-c3ccccc3)n2)cc1. The first-order chi connectivity index (χ1) is 35.2. The maximum absolute atomic E-state index is 5.47. The van der Waals surface area contributed by atoms with E-state index in [1.165, 1.54) is 0 Å². The van der Waals surface area contributed by atoms with Gasteiger partial charge in [0.2, 0.25) is 0 Å². The van der Waals surface area contributed by atoms with E-state index in [1.54, 1.807) is 0 Å². The Morgan fingerprint density at radius 2 is 0.479 bits per heavy atom. The van der Waals surface area contributed by atoms with Crippen LogP contribution < -0.4 is 19.6 Å². The summed E-state index contributed by atoms with van der Waals surface area (Å²) in [5, 5.41) is 2.20. The Labute approximate surface area is 413 Å². The summed E-state index contributed by atoms with van der Waals surface area (Å²) in [4.78, 5) is 19.8. The van der Waals surface area contributed by atoms with E-state index in [4.69, 9.17) is 9.97 Å². The number of hydrogen-bond acceptors (Lipinski definition) is 6. The molecule has 0 aliphatic carbocycles. The Morgan fingerprint density at radius 3 is 0.761 bits per heavy atom. The molecule has 0 spiro atoms. The number of para-hydroxylation sites is 7. The summed E-state index contributed by atoms with van der Waals surface area (Å²) in [7, 11) is 0. The highest BCUT2D eigenvalue weighted by Gasteiger charge is 2.23. The van der Waals surface area contributed by atoms with Crippen LogP contribution in [0.5, 0.6) is 0 Å². The molecule has 12 aromatic rings. The highest BCUT2D eigenvalue weighted by molar-refractivity contribution is 6.12. The molecule has 3 aromatic heterocycles. The molecule has 0 saturated carbocycles. The molecule has 0 saturated heterocycles. The van der Waals surface area contributed by atoms with E-state index < -0.39 is 0 Å². The second-order valence-electron chi connectivity index (χ2n) is 17.1. The lowest BCUT2D eigenvalue weighted by atomic mass is 10.1. The first-order valence-electron chi connectivity index (χ1n) is 23.8. The summed E-state index contributed by atoms with van der Waals surface area (Å²) in [5.74, 6) is 3.19. The van der Waals surface area contributed by atoms with Crippen LogP contribution in [0, 0.1) is 0 Å². The van der Waals surface area contributed by atoms with Crippen LogP contribution in [0.3, 0.4) is 0 Å². The lowest BCUT2D eigenvalue weighted by Gasteiger charge is -2.28. The average Bonchev–Trinajstić information content (AvgIpc) is 3.76. The summed E-state index contributed by atoms with van der Waals surface area (Å²) in [6, 6.07) is 99.4. The van der Waals surface area contributed by atoms with Crippen LogP contribution in [-0.4, -0.2) is 14.5 Å². The molecule has 7 nitrogen and oxygen atoms in total. The molecule has 338 valence electrons. The van der Waals surface area contributed by atoms with Crippen molar-refractivity contribution in [2.24, 2.45) is 0 Å². The van der Waals surface area contributed by atoms with Gasteiger partial charge in [0.15, 0.2) is 0 Å². The molecule has 12 rings (SSSR count). The maximum atomic E-state index is 5.47. The minimum Gasteiger partial charge on any atom is -0.309 e. The zero-order valence-corrected chi connectivity index (χ0v) is 38.8. The van der Waals surface area contributed by atoms with E-state index in [0.29, 0.717) is 0 Å². The van der Waals surface area contributed by atoms with Gasteiger partial charge in [-0.1, -0.05) is 140 Å². The third kappa shape index (κ3) is 8.38. The van der Waals surface area contributed by atoms with Crippen molar-refractivity contribution in [2.45, 2.75) is 0 Å². The summed E-state index contributed by atoms with van der Waals surface area (Å²) < 4.78 is 2.37. The molecular weight excluding hydrogens is 867 g/mol. The normalized spacial score (nSPS) is 11.1. The van der Waals surface area contributed by atoms with Gasteiger partial charge in [0.05, 0.1) is 11.0 Å². The van der Waals surface area contributed by atoms with Gasteiger partial charge in [-0.2, -0.15) is 0 Å². The van der Waals surface area contributed by atoms with Gasteiger partial charge in [0, 0.05) is 62.0 Å². The lowest BCUT2D eigenvalue weighted by Crippen LogP contribution is -2.15. The summed E-state index contributed by atoms with van der Waals surface area (Å²) in [6.45, 7) is 0. The largest absolute Gasteiger partial charge is 0.309 e. The van der Waals surface area contributed by atoms with E-state index in [9.17, 15) is 0 Å². The van der Waals surface area contributed by atoms with E-state index in [2.05, 4.69) is 285 Å². The molecule has 3 heterocycles. The number of aromatic nitrogens is 3. The first-order valence-corrected chi connectivity index (χ1v) is 23.8. The quantitative estimate of drug-likeness (QED) is 0.115. The first kappa shape index (κ1) is 42.6. The summed E-state index contributed by atoms with van der Waals surface area (Å²) in [5.41, 5.74) is 11.3. The molecule has 0 aliphatic heterocycles. The fourth-order valence-corrected chi connectivity index (χ4v) is 9.57. The van der Waals surface area contributed by atoms with Crippen LogP contribution in [0.15, 0.2) is 285 Å².